The van der Waals surface area contributed by atoms with Gasteiger partial charge in [-0.1, -0.05) is 24.6 Å². The molecule has 0 aliphatic carbocycles. The van der Waals surface area contributed by atoms with E-state index in [4.69, 9.17) is 0 Å². The summed E-state index contributed by atoms with van der Waals surface area (Å²) in [7, 11) is 0. The first-order valence-corrected chi connectivity index (χ1v) is 6.72. The van der Waals surface area contributed by atoms with Crippen molar-refractivity contribution in [3.63, 3.8) is 0 Å². The van der Waals surface area contributed by atoms with Crippen LogP contribution >= 0.6 is 24.8 Å². The van der Waals surface area contributed by atoms with Gasteiger partial charge in [0.1, 0.15) is 0 Å². The second-order valence-electron chi connectivity index (χ2n) is 4.91. The third-order valence-electron chi connectivity index (χ3n) is 3.48. The van der Waals surface area contributed by atoms with Gasteiger partial charge in [-0.2, -0.15) is 0 Å². The molecule has 21 heavy (non-hydrogen) atoms. The number of pyridine rings is 1. The summed E-state index contributed by atoms with van der Waals surface area (Å²) in [6, 6.07) is 9.78. The maximum Gasteiger partial charge on any atom is 0.241 e. The smallest absolute Gasteiger partial charge is 0.241 e. The summed E-state index contributed by atoms with van der Waals surface area (Å²) in [5.74, 6) is 0.0387. The number of amides is 1. The van der Waals surface area contributed by atoms with Gasteiger partial charge in [-0.05, 0) is 31.5 Å². The van der Waals surface area contributed by atoms with Crippen molar-refractivity contribution in [1.82, 2.24) is 10.3 Å². The average Bonchev–Trinajstić information content (AvgIpc) is 2.48. The third-order valence-corrected chi connectivity index (χ3v) is 3.48. The molecule has 4 nitrogen and oxygen atoms in total. The molecule has 0 bridgehead atoms. The molecule has 1 aliphatic rings. The number of halogens is 2. The Morgan fingerprint density at radius 2 is 2.05 bits per heavy atom. The minimum atomic E-state index is -0.0692. The van der Waals surface area contributed by atoms with Gasteiger partial charge in [0.2, 0.25) is 5.91 Å². The lowest BCUT2D eigenvalue weighted by Crippen LogP contribution is -2.43. The van der Waals surface area contributed by atoms with E-state index in [0.717, 1.165) is 42.4 Å². The van der Waals surface area contributed by atoms with Crippen molar-refractivity contribution in [3.05, 3.63) is 36.5 Å². The number of piperidine rings is 1. The first-order valence-electron chi connectivity index (χ1n) is 6.72. The van der Waals surface area contributed by atoms with E-state index in [0.29, 0.717) is 0 Å². The highest BCUT2D eigenvalue weighted by Gasteiger charge is 2.20. The van der Waals surface area contributed by atoms with Gasteiger partial charge in [-0.3, -0.25) is 9.78 Å². The van der Waals surface area contributed by atoms with Gasteiger partial charge in [-0.15, -0.1) is 24.8 Å². The molecule has 2 heterocycles. The monoisotopic (exact) mass is 327 g/mol. The van der Waals surface area contributed by atoms with Crippen LogP contribution in [-0.2, 0) is 4.79 Å². The molecule has 1 atom stereocenters. The average molecular weight is 328 g/mol. The van der Waals surface area contributed by atoms with E-state index in [1.165, 1.54) is 0 Å². The van der Waals surface area contributed by atoms with E-state index in [1.54, 1.807) is 6.20 Å². The molecule has 1 aromatic heterocycles. The molecule has 1 aliphatic heterocycles. The summed E-state index contributed by atoms with van der Waals surface area (Å²) in [6.07, 6.45) is 4.89. The number of hydrogen-bond donors (Lipinski definition) is 2. The lowest BCUT2D eigenvalue weighted by molar-refractivity contribution is -0.118. The summed E-state index contributed by atoms with van der Waals surface area (Å²) in [5, 5.41) is 7.22. The Morgan fingerprint density at radius 3 is 2.81 bits per heavy atom. The number of para-hydroxylation sites is 1. The van der Waals surface area contributed by atoms with Gasteiger partial charge < -0.3 is 10.6 Å². The molecule has 2 N–H and O–H groups in total. The first kappa shape index (κ1) is 17.7. The molecule has 114 valence electrons. The zero-order chi connectivity index (χ0) is 13.1. The van der Waals surface area contributed by atoms with E-state index < -0.39 is 0 Å². The molecule has 1 fully saturated rings. The quantitative estimate of drug-likeness (QED) is 0.890. The van der Waals surface area contributed by atoms with Crippen LogP contribution in [0.2, 0.25) is 0 Å². The summed E-state index contributed by atoms with van der Waals surface area (Å²) < 4.78 is 0. The van der Waals surface area contributed by atoms with Crippen LogP contribution in [0.1, 0.15) is 19.3 Å². The Balaban J connectivity index is 0.00000110. The summed E-state index contributed by atoms with van der Waals surface area (Å²) in [5.41, 5.74) is 1.70. The lowest BCUT2D eigenvalue weighted by Gasteiger charge is -2.22. The highest BCUT2D eigenvalue weighted by atomic mass is 35.5. The molecule has 3 rings (SSSR count). The zero-order valence-corrected chi connectivity index (χ0v) is 13.2. The van der Waals surface area contributed by atoms with E-state index in [9.17, 15) is 4.79 Å². The van der Waals surface area contributed by atoms with Gasteiger partial charge >= 0.3 is 0 Å². The van der Waals surface area contributed by atoms with Crippen molar-refractivity contribution in [2.75, 3.05) is 11.9 Å². The van der Waals surface area contributed by atoms with Crippen molar-refractivity contribution < 1.29 is 4.79 Å². The van der Waals surface area contributed by atoms with Crippen LogP contribution in [0.3, 0.4) is 0 Å². The van der Waals surface area contributed by atoms with Crippen LogP contribution in [0.5, 0.6) is 0 Å². The second-order valence-corrected chi connectivity index (χ2v) is 4.91. The minimum absolute atomic E-state index is 0. The number of carbonyl (C=O) groups is 1. The highest BCUT2D eigenvalue weighted by Crippen LogP contribution is 2.17. The van der Waals surface area contributed by atoms with E-state index in [1.807, 2.05) is 30.3 Å². The van der Waals surface area contributed by atoms with Gasteiger partial charge in [0.25, 0.3) is 0 Å². The Kier molecular flexibility index (Phi) is 6.89. The summed E-state index contributed by atoms with van der Waals surface area (Å²) in [4.78, 5) is 16.4. The predicted octanol–water partition coefficient (Wildman–Crippen LogP) is 3.16. The number of aromatic nitrogens is 1. The molecule has 0 radical (unpaired) electrons. The fourth-order valence-electron chi connectivity index (χ4n) is 2.44. The Labute approximate surface area is 136 Å². The number of benzene rings is 1. The number of fused-ring (bicyclic) bond motifs is 1. The maximum atomic E-state index is 12.1. The number of rotatable bonds is 2. The maximum absolute atomic E-state index is 12.1. The molecule has 6 heteroatoms. The predicted molar refractivity (Wildman–Crippen MR) is 90.5 cm³/mol. The van der Waals surface area contributed by atoms with Crippen molar-refractivity contribution in [1.29, 1.82) is 0 Å². The van der Waals surface area contributed by atoms with Crippen LogP contribution < -0.4 is 10.6 Å². The molecular weight excluding hydrogens is 309 g/mol. The fourth-order valence-corrected chi connectivity index (χ4v) is 2.44. The van der Waals surface area contributed by atoms with Crippen molar-refractivity contribution in [3.8, 4) is 0 Å². The van der Waals surface area contributed by atoms with Crippen molar-refractivity contribution in [2.24, 2.45) is 0 Å². The zero-order valence-electron chi connectivity index (χ0n) is 11.5. The van der Waals surface area contributed by atoms with Gasteiger partial charge in [0.05, 0.1) is 23.4 Å². The van der Waals surface area contributed by atoms with Crippen LogP contribution in [0, 0.1) is 0 Å². The van der Waals surface area contributed by atoms with E-state index in [-0.39, 0.29) is 36.8 Å². The molecule has 2 aromatic rings. The Hall–Kier alpha value is -1.36. The number of nitrogens with zero attached hydrogens (tertiary/aromatic N) is 1. The lowest BCUT2D eigenvalue weighted by atomic mass is 10.0. The highest BCUT2D eigenvalue weighted by molar-refractivity contribution is 5.96. The molecular formula is C15H19Cl2N3O. The Bertz CT molecular complexity index is 600. The van der Waals surface area contributed by atoms with Gasteiger partial charge in [0, 0.05) is 5.39 Å². The molecule has 0 saturated carbocycles. The van der Waals surface area contributed by atoms with Crippen molar-refractivity contribution in [2.45, 2.75) is 25.3 Å². The van der Waals surface area contributed by atoms with Crippen LogP contribution in [0.15, 0.2) is 36.5 Å². The minimum Gasteiger partial charge on any atom is -0.323 e. The Morgan fingerprint density at radius 1 is 1.24 bits per heavy atom. The largest absolute Gasteiger partial charge is 0.323 e. The normalized spacial score (nSPS) is 17.4. The molecule has 0 unspecified atom stereocenters. The molecule has 1 amide bonds. The van der Waals surface area contributed by atoms with Gasteiger partial charge in [-0.25, -0.2) is 0 Å². The van der Waals surface area contributed by atoms with E-state index in [2.05, 4.69) is 15.6 Å². The second kappa shape index (κ2) is 8.17. The van der Waals surface area contributed by atoms with E-state index >= 15 is 0 Å². The number of carbonyl (C=O) groups excluding carboxylic acids is 1. The number of hydrogen-bond acceptors (Lipinski definition) is 3. The van der Waals surface area contributed by atoms with Gasteiger partial charge in [0.15, 0.2) is 0 Å². The summed E-state index contributed by atoms with van der Waals surface area (Å²) >= 11 is 0. The van der Waals surface area contributed by atoms with Crippen LogP contribution in [-0.4, -0.2) is 23.5 Å². The SMILES string of the molecule is Cl.Cl.O=C(Nc1cnc2ccccc2c1)[C@H]1CCCCN1. The molecule has 1 saturated heterocycles. The fraction of sp³-hybridized carbons (Fsp3) is 0.333. The van der Waals surface area contributed by atoms with Crippen molar-refractivity contribution >= 4 is 47.3 Å². The first-order chi connectivity index (χ1) is 9.33. The van der Waals surface area contributed by atoms with Crippen LogP contribution in [0.25, 0.3) is 10.9 Å². The molecule has 0 spiro atoms. The third kappa shape index (κ3) is 4.30. The summed E-state index contributed by atoms with van der Waals surface area (Å²) in [6.45, 7) is 0.925. The van der Waals surface area contributed by atoms with Crippen LogP contribution in [0.4, 0.5) is 5.69 Å². The number of anilines is 1. The number of nitrogens with one attached hydrogen (secondary N) is 2. The standard InChI is InChI=1S/C15H17N3O.2ClH/c19-15(14-7-3-4-8-16-14)18-12-9-11-5-1-2-6-13(11)17-10-12;;/h1-2,5-6,9-10,14,16H,3-4,7-8H2,(H,18,19);2*1H/t14-;;/m1../s1. The molecule has 1 aromatic carbocycles. The topological polar surface area (TPSA) is 54.0 Å².